The van der Waals surface area contributed by atoms with Gasteiger partial charge in [-0.25, -0.2) is 0 Å². The summed E-state index contributed by atoms with van der Waals surface area (Å²) in [6.45, 7) is 7.12. The van der Waals surface area contributed by atoms with Crippen LogP contribution >= 0.6 is 0 Å². The highest BCUT2D eigenvalue weighted by atomic mass is 14.3. The van der Waals surface area contributed by atoms with Gasteiger partial charge in [0, 0.05) is 0 Å². The summed E-state index contributed by atoms with van der Waals surface area (Å²) in [7, 11) is 0. The lowest BCUT2D eigenvalue weighted by Crippen LogP contribution is -2.07. The van der Waals surface area contributed by atoms with Gasteiger partial charge in [-0.05, 0) is 24.2 Å². The quantitative estimate of drug-likeness (QED) is 0.506. The fourth-order valence-corrected chi connectivity index (χ4v) is 2.04. The lowest BCUT2D eigenvalue weighted by Gasteiger charge is -2.15. The van der Waals surface area contributed by atoms with Crippen LogP contribution in [0.1, 0.15) is 40.0 Å². The average molecular weight is 126 g/mol. The Balaban J connectivity index is 2.41. The normalized spacial score (nSPS) is 43.7. The summed E-state index contributed by atoms with van der Waals surface area (Å²) >= 11 is 0. The minimum absolute atomic E-state index is 0.995. The fraction of sp³-hybridized carbons (Fsp3) is 1.00. The Kier molecular flexibility index (Phi) is 2.15. The Labute approximate surface area is 58.7 Å². The van der Waals surface area contributed by atoms with E-state index in [1.165, 1.54) is 19.3 Å². The van der Waals surface area contributed by atoms with Crippen molar-refractivity contribution in [2.75, 3.05) is 0 Å². The zero-order valence-corrected chi connectivity index (χ0v) is 6.85. The van der Waals surface area contributed by atoms with Crippen molar-refractivity contribution in [3.8, 4) is 0 Å². The monoisotopic (exact) mass is 126 g/mol. The molecule has 0 aromatic rings. The van der Waals surface area contributed by atoms with Crippen LogP contribution in [0.3, 0.4) is 0 Å². The molecule has 9 heavy (non-hydrogen) atoms. The molecular formula is C9H18. The Hall–Kier alpha value is 0. The molecule has 0 N–H and O–H groups in total. The molecule has 0 aromatic carbocycles. The van der Waals surface area contributed by atoms with Gasteiger partial charge in [0.1, 0.15) is 0 Å². The zero-order valence-electron chi connectivity index (χ0n) is 6.85. The van der Waals surface area contributed by atoms with Crippen molar-refractivity contribution < 1.29 is 0 Å². The second-order valence-corrected chi connectivity index (χ2v) is 3.58. The number of hydrogen-bond donors (Lipinski definition) is 0. The molecule has 3 atom stereocenters. The maximum atomic E-state index is 2.41. The molecule has 0 heteroatoms. The molecular weight excluding hydrogens is 108 g/mol. The number of rotatable bonds is 1. The maximum Gasteiger partial charge on any atom is -0.0388 e. The SMILES string of the molecule is CCC1CCC(C)[C@H]1C. The minimum atomic E-state index is 0.995. The smallest absolute Gasteiger partial charge is 0.0388 e. The van der Waals surface area contributed by atoms with Crippen LogP contribution in [0, 0.1) is 17.8 Å². The molecule has 0 aliphatic heterocycles. The molecule has 54 valence electrons. The van der Waals surface area contributed by atoms with E-state index in [1.807, 2.05) is 0 Å². The Morgan fingerprint density at radius 1 is 1.22 bits per heavy atom. The van der Waals surface area contributed by atoms with Gasteiger partial charge >= 0.3 is 0 Å². The van der Waals surface area contributed by atoms with Gasteiger partial charge in [-0.1, -0.05) is 33.6 Å². The van der Waals surface area contributed by atoms with E-state index < -0.39 is 0 Å². The van der Waals surface area contributed by atoms with Gasteiger partial charge in [-0.2, -0.15) is 0 Å². The summed E-state index contributed by atoms with van der Waals surface area (Å²) in [5.41, 5.74) is 0. The van der Waals surface area contributed by atoms with Gasteiger partial charge in [0.05, 0.1) is 0 Å². The topological polar surface area (TPSA) is 0 Å². The first-order valence-corrected chi connectivity index (χ1v) is 4.25. The van der Waals surface area contributed by atoms with Crippen molar-refractivity contribution in [2.24, 2.45) is 17.8 Å². The van der Waals surface area contributed by atoms with Gasteiger partial charge in [0.25, 0.3) is 0 Å². The summed E-state index contributed by atoms with van der Waals surface area (Å²) in [5, 5.41) is 0. The van der Waals surface area contributed by atoms with Gasteiger partial charge in [0.15, 0.2) is 0 Å². The van der Waals surface area contributed by atoms with E-state index in [4.69, 9.17) is 0 Å². The Morgan fingerprint density at radius 3 is 2.11 bits per heavy atom. The van der Waals surface area contributed by atoms with Crippen LogP contribution in [0.4, 0.5) is 0 Å². The highest BCUT2D eigenvalue weighted by Gasteiger charge is 2.27. The summed E-state index contributed by atoms with van der Waals surface area (Å²) in [5.74, 6) is 3.03. The summed E-state index contributed by atoms with van der Waals surface area (Å²) in [4.78, 5) is 0. The van der Waals surface area contributed by atoms with Crippen LogP contribution in [-0.2, 0) is 0 Å². The van der Waals surface area contributed by atoms with E-state index in [2.05, 4.69) is 20.8 Å². The molecule has 0 nitrogen and oxygen atoms in total. The van der Waals surface area contributed by atoms with E-state index in [1.54, 1.807) is 0 Å². The van der Waals surface area contributed by atoms with Crippen LogP contribution in [0.2, 0.25) is 0 Å². The third kappa shape index (κ3) is 1.28. The van der Waals surface area contributed by atoms with Crippen molar-refractivity contribution in [1.82, 2.24) is 0 Å². The van der Waals surface area contributed by atoms with E-state index in [0.29, 0.717) is 0 Å². The molecule has 2 unspecified atom stereocenters. The zero-order chi connectivity index (χ0) is 6.85. The van der Waals surface area contributed by atoms with Crippen molar-refractivity contribution in [3.05, 3.63) is 0 Å². The van der Waals surface area contributed by atoms with E-state index >= 15 is 0 Å². The first kappa shape index (κ1) is 7.11. The first-order valence-electron chi connectivity index (χ1n) is 4.25. The van der Waals surface area contributed by atoms with E-state index in [0.717, 1.165) is 17.8 Å². The second kappa shape index (κ2) is 2.72. The molecule has 1 aliphatic carbocycles. The van der Waals surface area contributed by atoms with Crippen LogP contribution in [0.5, 0.6) is 0 Å². The van der Waals surface area contributed by atoms with Gasteiger partial charge in [-0.3, -0.25) is 0 Å². The van der Waals surface area contributed by atoms with Gasteiger partial charge in [0.2, 0.25) is 0 Å². The predicted molar refractivity (Wildman–Crippen MR) is 41.3 cm³/mol. The maximum absolute atomic E-state index is 2.41. The molecule has 1 saturated carbocycles. The lowest BCUT2D eigenvalue weighted by atomic mass is 9.91. The third-order valence-electron chi connectivity index (χ3n) is 3.16. The Morgan fingerprint density at radius 2 is 1.89 bits per heavy atom. The summed E-state index contributed by atoms with van der Waals surface area (Å²) in [6, 6.07) is 0. The Bertz CT molecular complexity index is 86.0. The molecule has 1 aliphatic rings. The van der Waals surface area contributed by atoms with Crippen LogP contribution < -0.4 is 0 Å². The minimum Gasteiger partial charge on any atom is -0.0651 e. The van der Waals surface area contributed by atoms with Crippen molar-refractivity contribution in [2.45, 2.75) is 40.0 Å². The van der Waals surface area contributed by atoms with Crippen molar-refractivity contribution >= 4 is 0 Å². The van der Waals surface area contributed by atoms with Gasteiger partial charge in [-0.15, -0.1) is 0 Å². The molecule has 1 fully saturated rings. The second-order valence-electron chi connectivity index (χ2n) is 3.58. The molecule has 0 radical (unpaired) electrons. The van der Waals surface area contributed by atoms with E-state index in [9.17, 15) is 0 Å². The lowest BCUT2D eigenvalue weighted by molar-refractivity contribution is 0.349. The molecule has 1 rings (SSSR count). The van der Waals surface area contributed by atoms with Crippen molar-refractivity contribution in [1.29, 1.82) is 0 Å². The van der Waals surface area contributed by atoms with Crippen LogP contribution in [0.25, 0.3) is 0 Å². The summed E-state index contributed by atoms with van der Waals surface area (Å²) < 4.78 is 0. The fourth-order valence-electron chi connectivity index (χ4n) is 2.04. The van der Waals surface area contributed by atoms with Crippen LogP contribution in [-0.4, -0.2) is 0 Å². The standard InChI is InChI=1S/C9H18/c1-4-9-6-5-7(2)8(9)3/h7-9H,4-6H2,1-3H3/t7?,8-,9?/m1/s1. The number of hydrogen-bond acceptors (Lipinski definition) is 0. The third-order valence-corrected chi connectivity index (χ3v) is 3.16. The molecule has 0 spiro atoms. The average Bonchev–Trinajstić information content (AvgIpc) is 2.15. The largest absolute Gasteiger partial charge is 0.0651 e. The molecule has 0 amide bonds. The predicted octanol–water partition coefficient (Wildman–Crippen LogP) is 3.08. The first-order chi connectivity index (χ1) is 4.25. The molecule has 0 saturated heterocycles. The summed E-state index contributed by atoms with van der Waals surface area (Å²) in [6.07, 6.45) is 4.35. The van der Waals surface area contributed by atoms with Crippen molar-refractivity contribution in [3.63, 3.8) is 0 Å². The van der Waals surface area contributed by atoms with Gasteiger partial charge < -0.3 is 0 Å². The molecule has 0 heterocycles. The molecule has 0 aromatic heterocycles. The highest BCUT2D eigenvalue weighted by Crippen LogP contribution is 2.37. The molecule has 0 bridgehead atoms. The highest BCUT2D eigenvalue weighted by molar-refractivity contribution is 4.78. The van der Waals surface area contributed by atoms with E-state index in [-0.39, 0.29) is 0 Å². The van der Waals surface area contributed by atoms with Crippen LogP contribution in [0.15, 0.2) is 0 Å².